The summed E-state index contributed by atoms with van der Waals surface area (Å²) >= 11 is 6.15. The molecule has 0 bridgehead atoms. The first kappa shape index (κ1) is 14.1. The fraction of sp³-hybridized carbons (Fsp3) is 0.833. The lowest BCUT2D eigenvalue weighted by Gasteiger charge is -2.28. The first-order chi connectivity index (χ1) is 6.40. The Labute approximate surface area is 95.4 Å². The molecule has 14 heavy (non-hydrogen) atoms. The number of hydrogen-bond donors (Lipinski definition) is 0. The van der Waals surface area contributed by atoms with Crippen LogP contribution in [0.1, 0.15) is 53.9 Å². The summed E-state index contributed by atoms with van der Waals surface area (Å²) < 4.78 is 0. The van der Waals surface area contributed by atoms with E-state index in [2.05, 4.69) is 48.0 Å². The fourth-order valence-corrected chi connectivity index (χ4v) is 1.42. The minimum Gasteiger partial charge on any atom is -0.101 e. The van der Waals surface area contributed by atoms with Crippen LogP contribution in [0.25, 0.3) is 0 Å². The molecule has 0 aliphatic rings. The number of allylic oxidation sites excluding steroid dienone is 1. The van der Waals surface area contributed by atoms with Gasteiger partial charge in [-0.3, -0.25) is 0 Å². The van der Waals surface area contributed by atoms with E-state index in [1.807, 2.05) is 0 Å². The summed E-state index contributed by atoms with van der Waals surface area (Å²) in [5.41, 5.74) is 0. The molecule has 0 heterocycles. The van der Waals surface area contributed by atoms with Crippen molar-refractivity contribution in [2.75, 3.05) is 0 Å². The molecule has 0 unspecified atom stereocenters. The molecule has 0 rings (SSSR count). The molecule has 0 aromatic carbocycles. The lowest BCUT2D eigenvalue weighted by atomic mass is 9.49. The third-order valence-corrected chi connectivity index (χ3v) is 3.16. The van der Waals surface area contributed by atoms with Crippen LogP contribution in [0.15, 0.2) is 11.0 Å². The second kappa shape index (κ2) is 6.56. The van der Waals surface area contributed by atoms with Crippen molar-refractivity contribution in [1.29, 1.82) is 0 Å². The second-order valence-electron chi connectivity index (χ2n) is 4.85. The quantitative estimate of drug-likeness (QED) is 0.439. The Kier molecular flexibility index (Phi) is 6.60. The predicted octanol–water partition coefficient (Wildman–Crippen LogP) is 4.82. The van der Waals surface area contributed by atoms with Crippen LogP contribution < -0.4 is 0 Å². The van der Waals surface area contributed by atoms with E-state index in [1.54, 1.807) is 0 Å². The molecule has 81 valence electrons. The zero-order chi connectivity index (χ0) is 11.2. The van der Waals surface area contributed by atoms with Gasteiger partial charge in [-0.1, -0.05) is 58.9 Å². The van der Waals surface area contributed by atoms with E-state index < -0.39 is 0 Å². The minimum atomic E-state index is 0.194. The Balaban J connectivity index is 4.03. The van der Waals surface area contributed by atoms with Gasteiger partial charge >= 0.3 is 0 Å². The molecule has 1 radical (unpaired) electrons. The smallest absolute Gasteiger partial charge is 0.101 e. The summed E-state index contributed by atoms with van der Waals surface area (Å²) in [4.78, 5) is 0.914. The lowest BCUT2D eigenvalue weighted by molar-refractivity contribution is 0.476. The van der Waals surface area contributed by atoms with Gasteiger partial charge < -0.3 is 0 Å². The maximum atomic E-state index is 6.15. The monoisotopic (exact) mass is 213 g/mol. The number of rotatable bonds is 6. The topological polar surface area (TPSA) is 0 Å². The van der Waals surface area contributed by atoms with Crippen LogP contribution >= 0.6 is 11.6 Å². The van der Waals surface area contributed by atoms with Crippen molar-refractivity contribution in [3.05, 3.63) is 11.0 Å². The van der Waals surface area contributed by atoms with Gasteiger partial charge in [-0.05, 0) is 17.3 Å². The summed E-state index contributed by atoms with van der Waals surface area (Å²) in [7, 11) is 2.18. The molecule has 0 saturated carbocycles. The summed E-state index contributed by atoms with van der Waals surface area (Å²) in [5.74, 6) is 0.621. The van der Waals surface area contributed by atoms with Crippen molar-refractivity contribution in [3.63, 3.8) is 0 Å². The summed E-state index contributed by atoms with van der Waals surface area (Å²) in [5, 5.41) is 0.194. The van der Waals surface area contributed by atoms with E-state index in [0.717, 1.165) is 11.4 Å². The highest BCUT2D eigenvalue weighted by Crippen LogP contribution is 2.35. The van der Waals surface area contributed by atoms with Crippen LogP contribution in [0, 0.1) is 5.92 Å². The van der Waals surface area contributed by atoms with Gasteiger partial charge in [-0.25, -0.2) is 0 Å². The third-order valence-electron chi connectivity index (χ3n) is 2.89. The molecule has 0 amide bonds. The van der Waals surface area contributed by atoms with Crippen molar-refractivity contribution >= 4 is 18.9 Å². The molecule has 0 aliphatic carbocycles. The normalized spacial score (nSPS) is 13.5. The molecule has 0 nitrogen and oxygen atoms in total. The Morgan fingerprint density at radius 3 is 2.43 bits per heavy atom. The lowest BCUT2D eigenvalue weighted by Crippen LogP contribution is -2.19. The molecule has 2 heteroatoms. The van der Waals surface area contributed by atoms with E-state index in [1.165, 1.54) is 12.8 Å². The van der Waals surface area contributed by atoms with Gasteiger partial charge in [0.1, 0.15) is 0 Å². The summed E-state index contributed by atoms with van der Waals surface area (Å²) in [6.45, 7) is 11.1. The van der Waals surface area contributed by atoms with Crippen molar-refractivity contribution in [2.45, 2.75) is 59.2 Å². The Morgan fingerprint density at radius 1 is 1.43 bits per heavy atom. The van der Waals surface area contributed by atoms with E-state index in [9.17, 15) is 0 Å². The van der Waals surface area contributed by atoms with Gasteiger partial charge in [0, 0.05) is 0 Å². The molecule has 0 aromatic rings. The van der Waals surface area contributed by atoms with Crippen LogP contribution in [0.4, 0.5) is 0 Å². The highest BCUT2D eigenvalue weighted by atomic mass is 35.5. The predicted molar refractivity (Wildman–Crippen MR) is 68.1 cm³/mol. The molecule has 0 fully saturated rings. The molecule has 0 atom stereocenters. The first-order valence-electron chi connectivity index (χ1n) is 5.61. The third kappa shape index (κ3) is 5.75. The van der Waals surface area contributed by atoms with Gasteiger partial charge in [0.25, 0.3) is 0 Å². The van der Waals surface area contributed by atoms with Crippen LogP contribution in [0.2, 0.25) is 5.31 Å². The molecular formula is C12H23BCl. The second-order valence-corrected chi connectivity index (χ2v) is 5.29. The molecule has 0 aliphatic heterocycles. The van der Waals surface area contributed by atoms with E-state index >= 15 is 0 Å². The molecule has 0 spiro atoms. The average Bonchev–Trinajstić information content (AvgIpc) is 2.03. The first-order valence-corrected chi connectivity index (χ1v) is 5.99. The maximum absolute atomic E-state index is 6.15. The van der Waals surface area contributed by atoms with E-state index in [4.69, 9.17) is 11.6 Å². The molecule has 0 N–H and O–H groups in total. The van der Waals surface area contributed by atoms with Crippen molar-refractivity contribution in [1.82, 2.24) is 0 Å². The van der Waals surface area contributed by atoms with Crippen LogP contribution in [-0.4, -0.2) is 7.28 Å². The van der Waals surface area contributed by atoms with Gasteiger partial charge in [0.2, 0.25) is 0 Å². The van der Waals surface area contributed by atoms with Crippen molar-refractivity contribution in [3.8, 4) is 0 Å². The SMILES string of the molecule is CCCC/C=C(\Cl)[B]C(C)(C)C(C)C. The fourth-order valence-electron chi connectivity index (χ4n) is 1.03. The van der Waals surface area contributed by atoms with E-state index in [0.29, 0.717) is 5.92 Å². The largest absolute Gasteiger partial charge is 0.174 e. The zero-order valence-electron chi connectivity index (χ0n) is 10.2. The van der Waals surface area contributed by atoms with Gasteiger partial charge in [-0.15, -0.1) is 11.6 Å². The van der Waals surface area contributed by atoms with Crippen molar-refractivity contribution in [2.24, 2.45) is 5.92 Å². The highest BCUT2D eigenvalue weighted by molar-refractivity contribution is 6.65. The number of hydrogen-bond acceptors (Lipinski definition) is 0. The van der Waals surface area contributed by atoms with Crippen LogP contribution in [0.3, 0.4) is 0 Å². The average molecular weight is 214 g/mol. The minimum absolute atomic E-state index is 0.194. The summed E-state index contributed by atoms with van der Waals surface area (Å²) in [6.07, 6.45) is 5.69. The Morgan fingerprint density at radius 2 is 2.00 bits per heavy atom. The highest BCUT2D eigenvalue weighted by Gasteiger charge is 2.24. The van der Waals surface area contributed by atoms with Gasteiger partial charge in [0.15, 0.2) is 7.28 Å². The van der Waals surface area contributed by atoms with E-state index in [-0.39, 0.29) is 5.31 Å². The number of halogens is 1. The van der Waals surface area contributed by atoms with Crippen molar-refractivity contribution < 1.29 is 0 Å². The molecule has 0 aromatic heterocycles. The zero-order valence-corrected chi connectivity index (χ0v) is 11.0. The van der Waals surface area contributed by atoms with Gasteiger partial charge in [-0.2, -0.15) is 0 Å². The van der Waals surface area contributed by atoms with Crippen LogP contribution in [-0.2, 0) is 0 Å². The van der Waals surface area contributed by atoms with Crippen LogP contribution in [0.5, 0.6) is 0 Å². The maximum Gasteiger partial charge on any atom is 0.174 e. The summed E-state index contributed by atoms with van der Waals surface area (Å²) in [6, 6.07) is 0. The number of unbranched alkanes of at least 4 members (excludes halogenated alkanes) is 2. The Hall–Kier alpha value is 0.0949. The standard InChI is InChI=1S/C12H23BCl/c1-6-7-8-9-11(14)13-12(4,5)10(2)3/h9-10H,6-8H2,1-5H3/b11-9-. The van der Waals surface area contributed by atoms with Gasteiger partial charge in [0.05, 0.1) is 0 Å². The Bertz CT molecular complexity index is 183. The molecular weight excluding hydrogens is 190 g/mol. The molecule has 0 saturated heterocycles.